The van der Waals surface area contributed by atoms with E-state index in [4.69, 9.17) is 0 Å². The molecule has 0 bridgehead atoms. The molecule has 0 saturated heterocycles. The van der Waals surface area contributed by atoms with E-state index in [2.05, 4.69) is 16.7 Å². The van der Waals surface area contributed by atoms with Crippen molar-refractivity contribution in [2.45, 2.75) is 26.9 Å². The first-order valence-electron chi connectivity index (χ1n) is 8.59. The van der Waals surface area contributed by atoms with Crippen molar-refractivity contribution >= 4 is 11.3 Å². The molecule has 0 amide bonds. The fraction of sp³-hybridized carbons (Fsp3) is 0.238. The molecule has 2 aromatic rings. The van der Waals surface area contributed by atoms with Crippen LogP contribution in [0.3, 0.4) is 0 Å². The SMILES string of the molecule is C=CN(/C=C(\C)c1ccnc(F)c1)/N=C(/c1cccc(C(F)(F)F)c1)C(C)C. The van der Waals surface area contributed by atoms with E-state index in [0.717, 1.165) is 12.1 Å². The number of benzene rings is 1. The van der Waals surface area contributed by atoms with E-state index in [9.17, 15) is 17.6 Å². The van der Waals surface area contributed by atoms with Crippen LogP contribution >= 0.6 is 0 Å². The second-order valence-electron chi connectivity index (χ2n) is 6.46. The van der Waals surface area contributed by atoms with E-state index < -0.39 is 17.7 Å². The Morgan fingerprint density at radius 2 is 1.89 bits per heavy atom. The number of hydrogen-bond donors (Lipinski definition) is 0. The van der Waals surface area contributed by atoms with E-state index in [1.54, 1.807) is 25.3 Å². The molecule has 148 valence electrons. The first-order chi connectivity index (χ1) is 13.1. The van der Waals surface area contributed by atoms with Gasteiger partial charge in [-0.05, 0) is 47.7 Å². The van der Waals surface area contributed by atoms with Crippen molar-refractivity contribution in [3.63, 3.8) is 0 Å². The van der Waals surface area contributed by atoms with Gasteiger partial charge < -0.3 is 0 Å². The van der Waals surface area contributed by atoms with Gasteiger partial charge in [-0.1, -0.05) is 32.6 Å². The van der Waals surface area contributed by atoms with Crippen molar-refractivity contribution in [2.24, 2.45) is 11.0 Å². The first kappa shape index (κ1) is 21.3. The largest absolute Gasteiger partial charge is 0.416 e. The fourth-order valence-corrected chi connectivity index (χ4v) is 2.53. The van der Waals surface area contributed by atoms with Crippen molar-refractivity contribution in [3.8, 4) is 0 Å². The summed E-state index contributed by atoms with van der Waals surface area (Å²) in [5, 5.41) is 5.86. The zero-order valence-corrected chi connectivity index (χ0v) is 15.8. The Morgan fingerprint density at radius 1 is 1.18 bits per heavy atom. The standard InChI is InChI=1S/C21H21F4N3/c1-5-28(13-15(4)16-9-10-26-19(22)12-16)27-20(14(2)3)17-7-6-8-18(11-17)21(23,24)25/h5-14H,1H2,2-4H3/b15-13+,27-20+. The van der Waals surface area contributed by atoms with Gasteiger partial charge in [0.1, 0.15) is 0 Å². The summed E-state index contributed by atoms with van der Waals surface area (Å²) in [5.74, 6) is -0.747. The second-order valence-corrected chi connectivity index (χ2v) is 6.46. The van der Waals surface area contributed by atoms with E-state index in [-0.39, 0.29) is 5.92 Å². The van der Waals surface area contributed by atoms with E-state index >= 15 is 0 Å². The van der Waals surface area contributed by atoms with Crippen molar-refractivity contribution < 1.29 is 17.6 Å². The number of allylic oxidation sites excluding steroid dienone is 1. The molecule has 0 spiro atoms. The minimum Gasteiger partial charge on any atom is -0.248 e. The fourth-order valence-electron chi connectivity index (χ4n) is 2.53. The van der Waals surface area contributed by atoms with Gasteiger partial charge in [0.15, 0.2) is 0 Å². The molecule has 0 N–H and O–H groups in total. The quantitative estimate of drug-likeness (QED) is 0.257. The molecular weight excluding hydrogens is 370 g/mol. The molecule has 1 heterocycles. The van der Waals surface area contributed by atoms with Gasteiger partial charge in [-0.25, -0.2) is 9.99 Å². The highest BCUT2D eigenvalue weighted by Gasteiger charge is 2.30. The Morgan fingerprint density at radius 3 is 2.46 bits per heavy atom. The summed E-state index contributed by atoms with van der Waals surface area (Å²) in [7, 11) is 0. The minimum atomic E-state index is -4.43. The molecule has 1 aromatic heterocycles. The van der Waals surface area contributed by atoms with Gasteiger partial charge in [-0.2, -0.15) is 22.7 Å². The summed E-state index contributed by atoms with van der Waals surface area (Å²) in [6.07, 6.45) is -0.0291. The number of hydrogen-bond acceptors (Lipinski definition) is 3. The molecule has 0 radical (unpaired) electrons. The highest BCUT2D eigenvalue weighted by Crippen LogP contribution is 2.30. The Hall–Kier alpha value is -2.96. The number of halogens is 4. The Kier molecular flexibility index (Phi) is 6.72. The van der Waals surface area contributed by atoms with Crippen molar-refractivity contribution in [1.82, 2.24) is 9.99 Å². The third-order valence-electron chi connectivity index (χ3n) is 3.95. The van der Waals surface area contributed by atoms with Crippen LogP contribution in [0.15, 0.2) is 66.7 Å². The van der Waals surface area contributed by atoms with Crippen LogP contribution in [0.2, 0.25) is 0 Å². The predicted molar refractivity (Wildman–Crippen MR) is 103 cm³/mol. The molecule has 0 fully saturated rings. The third-order valence-corrected chi connectivity index (χ3v) is 3.95. The molecule has 3 nitrogen and oxygen atoms in total. The number of aromatic nitrogens is 1. The van der Waals surface area contributed by atoms with E-state index in [1.807, 2.05) is 13.8 Å². The molecule has 1 aromatic carbocycles. The zero-order chi connectivity index (χ0) is 20.9. The molecule has 0 aliphatic rings. The molecule has 28 heavy (non-hydrogen) atoms. The van der Waals surface area contributed by atoms with Crippen LogP contribution < -0.4 is 0 Å². The minimum absolute atomic E-state index is 0.141. The Bertz CT molecular complexity index is 899. The van der Waals surface area contributed by atoms with E-state index in [0.29, 0.717) is 22.4 Å². The summed E-state index contributed by atoms with van der Waals surface area (Å²) < 4.78 is 52.5. The lowest BCUT2D eigenvalue weighted by molar-refractivity contribution is -0.137. The van der Waals surface area contributed by atoms with Gasteiger partial charge in [0.05, 0.1) is 11.3 Å². The average Bonchev–Trinajstić information content (AvgIpc) is 2.64. The average molecular weight is 391 g/mol. The van der Waals surface area contributed by atoms with Crippen LogP contribution in [-0.4, -0.2) is 15.7 Å². The zero-order valence-electron chi connectivity index (χ0n) is 15.8. The smallest absolute Gasteiger partial charge is 0.248 e. The lowest BCUT2D eigenvalue weighted by atomic mass is 9.98. The highest BCUT2D eigenvalue weighted by molar-refractivity contribution is 6.02. The van der Waals surface area contributed by atoms with Gasteiger partial charge in [-0.3, -0.25) is 0 Å². The Balaban J connectivity index is 2.44. The van der Waals surface area contributed by atoms with Crippen LogP contribution in [0.4, 0.5) is 17.6 Å². The maximum absolute atomic E-state index is 13.3. The van der Waals surface area contributed by atoms with Crippen LogP contribution in [0.5, 0.6) is 0 Å². The molecule has 0 saturated carbocycles. The summed E-state index contributed by atoms with van der Waals surface area (Å²) in [4.78, 5) is 3.51. The van der Waals surface area contributed by atoms with Gasteiger partial charge in [-0.15, -0.1) is 0 Å². The van der Waals surface area contributed by atoms with Gasteiger partial charge >= 0.3 is 6.18 Å². The van der Waals surface area contributed by atoms with Gasteiger partial charge in [0.2, 0.25) is 5.95 Å². The molecular formula is C21H21F4N3. The summed E-state index contributed by atoms with van der Waals surface area (Å²) in [6, 6.07) is 7.98. The van der Waals surface area contributed by atoms with Gasteiger partial charge in [0, 0.05) is 24.7 Å². The van der Waals surface area contributed by atoms with Crippen LogP contribution in [-0.2, 0) is 6.18 Å². The number of alkyl halides is 3. The van der Waals surface area contributed by atoms with Crippen LogP contribution in [0.25, 0.3) is 5.57 Å². The van der Waals surface area contributed by atoms with Crippen LogP contribution in [0, 0.1) is 11.9 Å². The first-order valence-corrected chi connectivity index (χ1v) is 8.59. The summed E-state index contributed by atoms with van der Waals surface area (Å²) >= 11 is 0. The number of rotatable bonds is 6. The van der Waals surface area contributed by atoms with Crippen molar-refractivity contribution in [1.29, 1.82) is 0 Å². The monoisotopic (exact) mass is 391 g/mol. The number of hydrazone groups is 1. The summed E-state index contributed by atoms with van der Waals surface area (Å²) in [5.41, 5.74) is 1.41. The maximum atomic E-state index is 13.3. The highest BCUT2D eigenvalue weighted by atomic mass is 19.4. The van der Waals surface area contributed by atoms with E-state index in [1.165, 1.54) is 29.5 Å². The maximum Gasteiger partial charge on any atom is 0.416 e. The lowest BCUT2D eigenvalue weighted by Crippen LogP contribution is -2.16. The molecule has 0 unspecified atom stereocenters. The molecule has 7 heteroatoms. The lowest BCUT2D eigenvalue weighted by Gasteiger charge is -2.17. The molecule has 0 aliphatic heterocycles. The molecule has 0 atom stereocenters. The normalized spacial score (nSPS) is 13.0. The number of pyridine rings is 1. The number of nitrogens with zero attached hydrogens (tertiary/aromatic N) is 3. The van der Waals surface area contributed by atoms with Crippen LogP contribution in [0.1, 0.15) is 37.5 Å². The second kappa shape index (κ2) is 8.82. The van der Waals surface area contributed by atoms with Gasteiger partial charge in [0.25, 0.3) is 0 Å². The van der Waals surface area contributed by atoms with Crippen molar-refractivity contribution in [2.75, 3.05) is 0 Å². The van der Waals surface area contributed by atoms with Crippen molar-refractivity contribution in [3.05, 3.63) is 84.2 Å². The Labute approximate surface area is 161 Å². The molecule has 2 rings (SSSR count). The predicted octanol–water partition coefficient (Wildman–Crippen LogP) is 6.11. The topological polar surface area (TPSA) is 28.5 Å². The summed E-state index contributed by atoms with van der Waals surface area (Å²) in [6.45, 7) is 9.14. The third kappa shape index (κ3) is 5.52. The molecule has 0 aliphatic carbocycles.